The molecule has 0 radical (unpaired) electrons. The fraction of sp³-hybridized carbons (Fsp3) is 0.214. The van der Waals surface area contributed by atoms with E-state index in [9.17, 15) is 0 Å². The molecule has 0 aliphatic carbocycles. The molecule has 0 bridgehead atoms. The summed E-state index contributed by atoms with van der Waals surface area (Å²) in [5.41, 5.74) is 1.51. The number of rotatable bonds is 5. The lowest BCUT2D eigenvalue weighted by atomic mass is 10.3. The van der Waals surface area contributed by atoms with Gasteiger partial charge in [0.25, 0.3) is 0 Å². The molecule has 102 valence electrons. The first-order valence-electron chi connectivity index (χ1n) is 6.42. The predicted molar refractivity (Wildman–Crippen MR) is 78.0 cm³/mol. The van der Waals surface area contributed by atoms with Gasteiger partial charge in [-0.25, -0.2) is 15.0 Å². The summed E-state index contributed by atoms with van der Waals surface area (Å²) in [6.07, 6.45) is 4.34. The molecule has 2 heterocycles. The zero-order valence-electron chi connectivity index (χ0n) is 11.0. The summed E-state index contributed by atoms with van der Waals surface area (Å²) in [6, 6.07) is 7.92. The van der Waals surface area contributed by atoms with Gasteiger partial charge in [0.15, 0.2) is 10.8 Å². The highest BCUT2D eigenvalue weighted by atomic mass is 32.2. The monoisotopic (exact) mass is 286 g/mol. The SMILES string of the molecule is CCCOc1ccccc1Sc1ncc2[nH]cnc2n1. The predicted octanol–water partition coefficient (Wildman–Crippen LogP) is 3.29. The second-order valence-corrected chi connectivity index (χ2v) is 5.20. The van der Waals surface area contributed by atoms with Gasteiger partial charge in [0, 0.05) is 0 Å². The minimum Gasteiger partial charge on any atom is -0.492 e. The molecule has 1 N–H and O–H groups in total. The molecule has 1 aromatic carbocycles. The second-order valence-electron chi connectivity index (χ2n) is 4.19. The largest absolute Gasteiger partial charge is 0.492 e. The molecule has 0 fully saturated rings. The Bertz CT molecular complexity index is 713. The number of benzene rings is 1. The van der Waals surface area contributed by atoms with E-state index in [1.54, 1.807) is 12.5 Å². The van der Waals surface area contributed by atoms with Gasteiger partial charge in [-0.2, -0.15) is 0 Å². The number of nitrogens with zero attached hydrogens (tertiary/aromatic N) is 3. The standard InChI is InChI=1S/C14H14N4OS/c1-2-7-19-11-5-3-4-6-12(11)20-14-15-8-10-13(18-14)17-9-16-10/h3-6,8-9H,2,7H2,1H3,(H,15,16,17,18). The van der Waals surface area contributed by atoms with Crippen molar-refractivity contribution in [2.45, 2.75) is 23.4 Å². The van der Waals surface area contributed by atoms with Gasteiger partial charge in [-0.15, -0.1) is 0 Å². The van der Waals surface area contributed by atoms with Crippen LogP contribution in [0, 0.1) is 0 Å². The van der Waals surface area contributed by atoms with E-state index in [-0.39, 0.29) is 0 Å². The molecule has 3 aromatic rings. The number of H-pyrrole nitrogens is 1. The van der Waals surface area contributed by atoms with Crippen LogP contribution in [0.3, 0.4) is 0 Å². The molecular weight excluding hydrogens is 272 g/mol. The Kier molecular flexibility index (Phi) is 3.83. The van der Waals surface area contributed by atoms with Crippen molar-refractivity contribution in [2.24, 2.45) is 0 Å². The average molecular weight is 286 g/mol. The first-order valence-corrected chi connectivity index (χ1v) is 7.24. The van der Waals surface area contributed by atoms with Crippen molar-refractivity contribution in [3.63, 3.8) is 0 Å². The third-order valence-electron chi connectivity index (χ3n) is 2.67. The third kappa shape index (κ3) is 2.75. The van der Waals surface area contributed by atoms with Gasteiger partial charge >= 0.3 is 0 Å². The van der Waals surface area contributed by atoms with Crippen LogP contribution in [0.1, 0.15) is 13.3 Å². The van der Waals surface area contributed by atoms with Crippen LogP contribution in [-0.2, 0) is 0 Å². The van der Waals surface area contributed by atoms with Gasteiger partial charge in [-0.1, -0.05) is 19.1 Å². The summed E-state index contributed by atoms with van der Waals surface area (Å²) in [7, 11) is 0. The number of fused-ring (bicyclic) bond motifs is 1. The number of ether oxygens (including phenoxy) is 1. The molecule has 3 rings (SSSR count). The van der Waals surface area contributed by atoms with E-state index in [1.807, 2.05) is 24.3 Å². The molecular formula is C14H14N4OS. The van der Waals surface area contributed by atoms with Crippen LogP contribution in [0.15, 0.2) is 46.8 Å². The molecule has 0 amide bonds. The number of hydrogen-bond donors (Lipinski definition) is 1. The summed E-state index contributed by atoms with van der Waals surface area (Å²) in [6.45, 7) is 2.79. The lowest BCUT2D eigenvalue weighted by molar-refractivity contribution is 0.310. The fourth-order valence-electron chi connectivity index (χ4n) is 1.73. The highest BCUT2D eigenvalue weighted by Crippen LogP contribution is 2.33. The maximum absolute atomic E-state index is 5.73. The smallest absolute Gasteiger partial charge is 0.194 e. The lowest BCUT2D eigenvalue weighted by Crippen LogP contribution is -1.96. The van der Waals surface area contributed by atoms with E-state index in [0.717, 1.165) is 22.6 Å². The van der Waals surface area contributed by atoms with Crippen molar-refractivity contribution in [1.29, 1.82) is 0 Å². The topological polar surface area (TPSA) is 63.7 Å². The first-order chi connectivity index (χ1) is 9.86. The van der Waals surface area contributed by atoms with E-state index < -0.39 is 0 Å². The number of para-hydroxylation sites is 1. The normalized spacial score (nSPS) is 10.8. The quantitative estimate of drug-likeness (QED) is 0.729. The molecule has 20 heavy (non-hydrogen) atoms. The van der Waals surface area contributed by atoms with Gasteiger partial charge in [0.2, 0.25) is 0 Å². The number of aromatic amines is 1. The van der Waals surface area contributed by atoms with Gasteiger partial charge in [-0.05, 0) is 30.3 Å². The van der Waals surface area contributed by atoms with Crippen LogP contribution in [0.25, 0.3) is 11.2 Å². The zero-order chi connectivity index (χ0) is 13.8. The zero-order valence-corrected chi connectivity index (χ0v) is 11.9. The Morgan fingerprint density at radius 2 is 2.15 bits per heavy atom. The Morgan fingerprint density at radius 1 is 1.25 bits per heavy atom. The molecule has 0 unspecified atom stereocenters. The van der Waals surface area contributed by atoms with Crippen molar-refractivity contribution >= 4 is 22.9 Å². The van der Waals surface area contributed by atoms with Crippen molar-refractivity contribution in [1.82, 2.24) is 19.9 Å². The van der Waals surface area contributed by atoms with E-state index in [4.69, 9.17) is 4.74 Å². The molecule has 6 heteroatoms. The highest BCUT2D eigenvalue weighted by molar-refractivity contribution is 7.99. The maximum Gasteiger partial charge on any atom is 0.194 e. The highest BCUT2D eigenvalue weighted by Gasteiger charge is 2.08. The molecule has 0 aliphatic heterocycles. The summed E-state index contributed by atoms with van der Waals surface area (Å²) < 4.78 is 5.73. The maximum atomic E-state index is 5.73. The molecule has 0 saturated heterocycles. The molecule has 0 saturated carbocycles. The number of nitrogens with one attached hydrogen (secondary N) is 1. The van der Waals surface area contributed by atoms with Gasteiger partial charge in [0.05, 0.1) is 24.0 Å². The summed E-state index contributed by atoms with van der Waals surface area (Å²) in [4.78, 5) is 16.9. The van der Waals surface area contributed by atoms with Crippen LogP contribution in [0.5, 0.6) is 5.75 Å². The van der Waals surface area contributed by atoms with E-state index in [0.29, 0.717) is 17.4 Å². The van der Waals surface area contributed by atoms with Crippen LogP contribution in [-0.4, -0.2) is 26.5 Å². The average Bonchev–Trinajstić information content (AvgIpc) is 2.94. The van der Waals surface area contributed by atoms with Crippen molar-refractivity contribution < 1.29 is 4.74 Å². The number of imidazole rings is 1. The van der Waals surface area contributed by atoms with Gasteiger partial charge < -0.3 is 9.72 Å². The molecule has 0 spiro atoms. The Balaban J connectivity index is 1.86. The van der Waals surface area contributed by atoms with Crippen LogP contribution < -0.4 is 4.74 Å². The van der Waals surface area contributed by atoms with E-state index >= 15 is 0 Å². The lowest BCUT2D eigenvalue weighted by Gasteiger charge is -2.09. The summed E-state index contributed by atoms with van der Waals surface area (Å²) in [5.74, 6) is 0.866. The van der Waals surface area contributed by atoms with E-state index in [2.05, 4.69) is 26.9 Å². The van der Waals surface area contributed by atoms with E-state index in [1.165, 1.54) is 11.8 Å². The van der Waals surface area contributed by atoms with Crippen LogP contribution >= 0.6 is 11.8 Å². The van der Waals surface area contributed by atoms with Crippen molar-refractivity contribution in [3.05, 3.63) is 36.8 Å². The Morgan fingerprint density at radius 3 is 3.05 bits per heavy atom. The first kappa shape index (κ1) is 12.9. The number of hydrogen-bond acceptors (Lipinski definition) is 5. The van der Waals surface area contributed by atoms with Gasteiger partial charge in [-0.3, -0.25) is 0 Å². The fourth-order valence-corrected chi connectivity index (χ4v) is 2.54. The van der Waals surface area contributed by atoms with Gasteiger partial charge in [0.1, 0.15) is 11.3 Å². The summed E-state index contributed by atoms with van der Waals surface area (Å²) in [5, 5.41) is 0.664. The second kappa shape index (κ2) is 5.92. The molecule has 2 aromatic heterocycles. The Labute approximate surface area is 120 Å². The Hall–Kier alpha value is -2.08. The molecule has 5 nitrogen and oxygen atoms in total. The van der Waals surface area contributed by atoms with Crippen molar-refractivity contribution in [3.8, 4) is 5.75 Å². The minimum atomic E-state index is 0.664. The number of aromatic nitrogens is 4. The summed E-state index contributed by atoms with van der Waals surface area (Å²) >= 11 is 1.48. The minimum absolute atomic E-state index is 0.664. The molecule has 0 atom stereocenters. The van der Waals surface area contributed by atoms with Crippen molar-refractivity contribution in [2.75, 3.05) is 6.61 Å². The third-order valence-corrected chi connectivity index (χ3v) is 3.60. The van der Waals surface area contributed by atoms with Crippen LogP contribution in [0.2, 0.25) is 0 Å². The van der Waals surface area contributed by atoms with Crippen LogP contribution in [0.4, 0.5) is 0 Å². The molecule has 0 aliphatic rings.